The van der Waals surface area contributed by atoms with Crippen molar-refractivity contribution in [1.82, 2.24) is 10.3 Å². The summed E-state index contributed by atoms with van der Waals surface area (Å²) in [6.07, 6.45) is 1.87. The van der Waals surface area contributed by atoms with Gasteiger partial charge in [-0.2, -0.15) is 0 Å². The first-order valence-corrected chi connectivity index (χ1v) is 11.5. The van der Waals surface area contributed by atoms with Crippen molar-refractivity contribution in [1.29, 1.82) is 0 Å². The Kier molecular flexibility index (Phi) is 8.84. The third kappa shape index (κ3) is 5.97. The van der Waals surface area contributed by atoms with Gasteiger partial charge >= 0.3 is 5.97 Å². The molecule has 0 bridgehead atoms. The number of aromatic nitrogens is 1. The van der Waals surface area contributed by atoms with E-state index >= 15 is 0 Å². The third-order valence-electron chi connectivity index (χ3n) is 5.26. The lowest BCUT2D eigenvalue weighted by Gasteiger charge is -2.36. The first-order valence-electron chi connectivity index (χ1n) is 10.8. The lowest BCUT2D eigenvalue weighted by atomic mass is 10.0. The molecule has 1 fully saturated rings. The minimum absolute atomic E-state index is 0.217. The molecule has 1 aromatic carbocycles. The molecule has 2 heterocycles. The second-order valence-corrected chi connectivity index (χ2v) is 8.17. The third-order valence-corrected chi connectivity index (χ3v) is 5.83. The summed E-state index contributed by atoms with van der Waals surface area (Å²) in [6.45, 7) is 7.14. The monoisotopic (exact) mass is 481 g/mol. The van der Waals surface area contributed by atoms with Crippen LogP contribution >= 0.6 is 23.2 Å². The molecule has 1 saturated heterocycles. The van der Waals surface area contributed by atoms with Gasteiger partial charge in [0.25, 0.3) is 0 Å². The summed E-state index contributed by atoms with van der Waals surface area (Å²) in [5.74, 6) is 1.32. The van der Waals surface area contributed by atoms with E-state index < -0.39 is 5.97 Å². The van der Waals surface area contributed by atoms with Crippen LogP contribution in [0.2, 0.25) is 10.2 Å². The maximum absolute atomic E-state index is 12.2. The SMILES string of the molecule is CCOc1cc(CN(c2cc(C(=O)OC)cc(Cl)n2)C2CCNCC2)cc(OCC)c1Cl. The molecule has 1 aliphatic rings. The molecule has 0 aliphatic carbocycles. The number of methoxy groups -OCH3 is 1. The predicted octanol–water partition coefficient (Wildman–Crippen LogP) is 4.73. The molecule has 32 heavy (non-hydrogen) atoms. The quantitative estimate of drug-likeness (QED) is 0.409. The number of nitrogens with one attached hydrogen (secondary N) is 1. The number of hydrogen-bond acceptors (Lipinski definition) is 7. The number of hydrogen-bond donors (Lipinski definition) is 1. The molecule has 0 unspecified atom stereocenters. The van der Waals surface area contributed by atoms with E-state index in [1.54, 1.807) is 6.07 Å². The summed E-state index contributed by atoms with van der Waals surface area (Å²) in [6, 6.07) is 7.31. The number of pyridine rings is 1. The topological polar surface area (TPSA) is 72.9 Å². The number of esters is 1. The Bertz CT molecular complexity index is 908. The molecule has 3 rings (SSSR count). The molecule has 0 radical (unpaired) electrons. The molecule has 0 spiro atoms. The molecule has 1 N–H and O–H groups in total. The van der Waals surface area contributed by atoms with Crippen molar-refractivity contribution >= 4 is 35.0 Å². The summed E-state index contributed by atoms with van der Waals surface area (Å²) in [4.78, 5) is 18.9. The number of ether oxygens (including phenoxy) is 3. The largest absolute Gasteiger partial charge is 0.492 e. The first kappa shape index (κ1) is 24.4. The smallest absolute Gasteiger partial charge is 0.338 e. The number of anilines is 1. The summed E-state index contributed by atoms with van der Waals surface area (Å²) in [7, 11) is 1.35. The number of carbonyl (C=O) groups is 1. The van der Waals surface area contributed by atoms with Crippen LogP contribution < -0.4 is 19.7 Å². The molecule has 1 aliphatic heterocycles. The second-order valence-electron chi connectivity index (χ2n) is 7.41. The van der Waals surface area contributed by atoms with Crippen LogP contribution in [0.15, 0.2) is 24.3 Å². The van der Waals surface area contributed by atoms with Gasteiger partial charge in [-0.3, -0.25) is 0 Å². The Balaban J connectivity index is 2.03. The zero-order valence-corrected chi connectivity index (χ0v) is 20.1. The van der Waals surface area contributed by atoms with E-state index in [0.29, 0.717) is 47.7 Å². The number of piperidine rings is 1. The zero-order valence-electron chi connectivity index (χ0n) is 18.6. The predicted molar refractivity (Wildman–Crippen MR) is 126 cm³/mol. The second kappa shape index (κ2) is 11.6. The van der Waals surface area contributed by atoms with Crippen molar-refractivity contribution in [3.05, 3.63) is 45.6 Å². The first-order chi connectivity index (χ1) is 15.5. The van der Waals surface area contributed by atoms with Crippen LogP contribution in [-0.4, -0.2) is 50.4 Å². The molecular formula is C23H29Cl2N3O4. The van der Waals surface area contributed by atoms with E-state index in [9.17, 15) is 4.79 Å². The van der Waals surface area contributed by atoms with Crippen molar-refractivity contribution in [3.63, 3.8) is 0 Å². The molecule has 0 amide bonds. The highest BCUT2D eigenvalue weighted by molar-refractivity contribution is 6.33. The van der Waals surface area contributed by atoms with Gasteiger partial charge in [-0.25, -0.2) is 9.78 Å². The van der Waals surface area contributed by atoms with Gasteiger partial charge in [0, 0.05) is 12.6 Å². The Morgan fingerprint density at radius 3 is 2.28 bits per heavy atom. The molecule has 0 atom stereocenters. The van der Waals surface area contributed by atoms with Gasteiger partial charge in [-0.1, -0.05) is 23.2 Å². The van der Waals surface area contributed by atoms with Gasteiger partial charge in [0.1, 0.15) is 27.5 Å². The fraction of sp³-hybridized carbons (Fsp3) is 0.478. The van der Waals surface area contributed by atoms with Gasteiger partial charge in [0.2, 0.25) is 0 Å². The summed E-state index contributed by atoms with van der Waals surface area (Å²) < 4.78 is 16.4. The standard InChI is InChI=1S/C23H29Cl2N3O4/c1-4-31-18-10-15(11-19(22(18)25)32-5-2)14-28(17-6-8-26-9-7-17)21-13-16(23(29)30-3)12-20(24)27-21/h10-13,17,26H,4-9,14H2,1-3H3. The minimum atomic E-state index is -0.454. The normalized spacial score (nSPS) is 14.2. The fourth-order valence-electron chi connectivity index (χ4n) is 3.82. The molecule has 174 valence electrons. The lowest BCUT2D eigenvalue weighted by Crippen LogP contribution is -2.43. The zero-order chi connectivity index (χ0) is 23.1. The van der Waals surface area contributed by atoms with Crippen molar-refractivity contribution in [2.24, 2.45) is 0 Å². The van der Waals surface area contributed by atoms with E-state index in [1.165, 1.54) is 13.2 Å². The number of rotatable bonds is 9. The van der Waals surface area contributed by atoms with E-state index in [0.717, 1.165) is 31.5 Å². The summed E-state index contributed by atoms with van der Waals surface area (Å²) >= 11 is 12.8. The van der Waals surface area contributed by atoms with Crippen molar-refractivity contribution < 1.29 is 19.0 Å². The molecular weight excluding hydrogens is 453 g/mol. The van der Waals surface area contributed by atoms with Crippen molar-refractivity contribution in [2.75, 3.05) is 38.3 Å². The molecule has 9 heteroatoms. The molecule has 2 aromatic rings. The Hall–Kier alpha value is -2.22. The van der Waals surface area contributed by atoms with E-state index in [1.807, 2.05) is 26.0 Å². The van der Waals surface area contributed by atoms with Crippen LogP contribution in [0.25, 0.3) is 0 Å². The van der Waals surface area contributed by atoms with Crippen LogP contribution in [0, 0.1) is 0 Å². The number of nitrogens with zero attached hydrogens (tertiary/aromatic N) is 2. The van der Waals surface area contributed by atoms with Gasteiger partial charge in [0.05, 0.1) is 25.9 Å². The Morgan fingerprint density at radius 1 is 1.09 bits per heavy atom. The van der Waals surface area contributed by atoms with Gasteiger partial charge < -0.3 is 24.4 Å². The summed E-state index contributed by atoms with van der Waals surface area (Å²) in [5.41, 5.74) is 1.32. The van der Waals surface area contributed by atoms with E-state index in [4.69, 9.17) is 37.4 Å². The fourth-order valence-corrected chi connectivity index (χ4v) is 4.24. The Labute approximate surface area is 199 Å². The molecule has 1 aromatic heterocycles. The van der Waals surface area contributed by atoms with Crippen LogP contribution in [0.3, 0.4) is 0 Å². The van der Waals surface area contributed by atoms with Crippen LogP contribution in [0.4, 0.5) is 5.82 Å². The summed E-state index contributed by atoms with van der Waals surface area (Å²) in [5, 5.41) is 4.09. The highest BCUT2D eigenvalue weighted by Crippen LogP contribution is 2.37. The van der Waals surface area contributed by atoms with E-state index in [2.05, 4.69) is 15.2 Å². The van der Waals surface area contributed by atoms with Crippen molar-refractivity contribution in [3.8, 4) is 11.5 Å². The average Bonchev–Trinajstić information content (AvgIpc) is 2.80. The van der Waals surface area contributed by atoms with Crippen LogP contribution in [-0.2, 0) is 11.3 Å². The van der Waals surface area contributed by atoms with E-state index in [-0.39, 0.29) is 11.2 Å². The van der Waals surface area contributed by atoms with Crippen LogP contribution in [0.1, 0.15) is 42.6 Å². The maximum Gasteiger partial charge on any atom is 0.338 e. The molecule has 0 saturated carbocycles. The minimum Gasteiger partial charge on any atom is -0.492 e. The highest BCUT2D eigenvalue weighted by atomic mass is 35.5. The number of halogens is 2. The van der Waals surface area contributed by atoms with Crippen molar-refractivity contribution in [2.45, 2.75) is 39.3 Å². The van der Waals surface area contributed by atoms with Crippen LogP contribution in [0.5, 0.6) is 11.5 Å². The lowest BCUT2D eigenvalue weighted by molar-refractivity contribution is 0.0600. The Morgan fingerprint density at radius 2 is 1.72 bits per heavy atom. The average molecular weight is 482 g/mol. The highest BCUT2D eigenvalue weighted by Gasteiger charge is 2.25. The van der Waals surface area contributed by atoms with Gasteiger partial charge in [0.15, 0.2) is 0 Å². The van der Waals surface area contributed by atoms with Gasteiger partial charge in [-0.05, 0) is 69.6 Å². The maximum atomic E-state index is 12.2. The number of carbonyl (C=O) groups excluding carboxylic acids is 1. The number of benzene rings is 1. The van der Waals surface area contributed by atoms with Gasteiger partial charge in [-0.15, -0.1) is 0 Å². The molecule has 7 nitrogen and oxygen atoms in total.